The molecule has 0 aliphatic carbocycles. The molecule has 0 radical (unpaired) electrons. The Kier molecular flexibility index (Phi) is 10.6. The first-order valence-electron chi connectivity index (χ1n) is 18.8. The van der Waals surface area contributed by atoms with Crippen LogP contribution in [0.5, 0.6) is 46.0 Å². The zero-order valence-corrected chi connectivity index (χ0v) is 34.4. The molecular weight excluding hydrogens is 766 g/mol. The lowest BCUT2D eigenvalue weighted by Gasteiger charge is -2.37. The topological polar surface area (TPSA) is 108 Å². The molecule has 298 valence electrons. The summed E-state index contributed by atoms with van der Waals surface area (Å²) in [5, 5.41) is 0.106. The van der Waals surface area contributed by atoms with Crippen LogP contribution in [0, 0.1) is 0 Å². The van der Waals surface area contributed by atoms with Gasteiger partial charge in [-0.15, -0.1) is 0 Å². The van der Waals surface area contributed by atoms with Crippen LogP contribution in [0.15, 0.2) is 83.8 Å². The molecule has 6 bridgehead atoms. The summed E-state index contributed by atoms with van der Waals surface area (Å²) in [6.45, 7) is 1.62. The molecule has 0 unspecified atom stereocenters. The Hall–Kier alpha value is -5.14. The van der Waals surface area contributed by atoms with Crippen LogP contribution in [0.25, 0.3) is 0 Å². The van der Waals surface area contributed by atoms with E-state index in [2.05, 4.69) is 52.9 Å². The van der Waals surface area contributed by atoms with Gasteiger partial charge in [-0.3, -0.25) is 14.5 Å². The second-order valence-corrected chi connectivity index (χ2v) is 16.7. The lowest BCUT2D eigenvalue weighted by atomic mass is 9.87. The molecule has 0 saturated carbocycles. The molecule has 4 aliphatic rings. The van der Waals surface area contributed by atoms with Gasteiger partial charge in [-0.2, -0.15) is 0 Å². The van der Waals surface area contributed by atoms with Crippen molar-refractivity contribution in [1.29, 1.82) is 0 Å². The summed E-state index contributed by atoms with van der Waals surface area (Å²) in [5.41, 5.74) is 6.41. The minimum atomic E-state index is -4.14. The summed E-state index contributed by atoms with van der Waals surface area (Å²) in [5.74, 6) is 4.06. The van der Waals surface area contributed by atoms with Gasteiger partial charge in [-0.05, 0) is 116 Å². The molecule has 4 heterocycles. The van der Waals surface area contributed by atoms with Gasteiger partial charge in [0.1, 0.15) is 10.6 Å². The van der Waals surface area contributed by atoms with Crippen LogP contribution in [-0.2, 0) is 35.7 Å². The van der Waals surface area contributed by atoms with E-state index in [-0.39, 0.29) is 22.0 Å². The van der Waals surface area contributed by atoms with Gasteiger partial charge < -0.3 is 28.4 Å². The number of likely N-dealkylation sites (N-methyl/N-ethyl adjacent to an activating group) is 2. The Morgan fingerprint density at radius 3 is 2.05 bits per heavy atom. The number of rotatable bonds is 7. The van der Waals surface area contributed by atoms with Crippen LogP contribution in [0.3, 0.4) is 0 Å². The van der Waals surface area contributed by atoms with Gasteiger partial charge in [-0.1, -0.05) is 35.9 Å². The highest BCUT2D eigenvalue weighted by molar-refractivity contribution is 7.92. The average Bonchev–Trinajstić information content (AvgIpc) is 3.20. The lowest BCUT2D eigenvalue weighted by Crippen LogP contribution is -2.34. The minimum absolute atomic E-state index is 0.0430. The Labute approximate surface area is 339 Å². The molecule has 11 nitrogen and oxygen atoms in total. The molecule has 13 heteroatoms. The van der Waals surface area contributed by atoms with Crippen LogP contribution >= 0.6 is 11.6 Å². The van der Waals surface area contributed by atoms with Crippen molar-refractivity contribution < 1.29 is 36.8 Å². The molecule has 2 atom stereocenters. The highest BCUT2D eigenvalue weighted by atomic mass is 35.5. The van der Waals surface area contributed by atoms with Crippen molar-refractivity contribution in [1.82, 2.24) is 9.80 Å². The van der Waals surface area contributed by atoms with Gasteiger partial charge in [0.05, 0.1) is 39.1 Å². The van der Waals surface area contributed by atoms with Crippen molar-refractivity contribution in [2.24, 2.45) is 0 Å². The number of fused-ring (bicyclic) bond motifs is 2. The first-order valence-corrected chi connectivity index (χ1v) is 20.7. The fourth-order valence-electron chi connectivity index (χ4n) is 8.30. The standard InChI is InChI=1S/C44H46ClN3O8S/c1-47-17-15-27-21-36(51-3)39-24-31(27)34(47)19-26-11-13-30(14-12-26)55-38-23-29(33(25-37(38)52-4)46-57(49,50)41-10-8-7-9-32(41)45)20-35-42-28(16-18-48(35)2)22-40(53-5)43(54-6)44(42)56-39/h7-14,21-25,34-35,46H,15-20H2,1-6H3/t34-,35-/m0/s1. The van der Waals surface area contributed by atoms with E-state index in [1.807, 2.05) is 24.3 Å². The van der Waals surface area contributed by atoms with Crippen LogP contribution < -0.4 is 33.1 Å². The first kappa shape index (κ1) is 38.7. The molecule has 0 aromatic heterocycles. The number of nitrogens with zero attached hydrogens (tertiary/aromatic N) is 2. The normalized spacial score (nSPS) is 17.9. The van der Waals surface area contributed by atoms with Crippen molar-refractivity contribution in [3.05, 3.63) is 117 Å². The van der Waals surface area contributed by atoms with Crippen LogP contribution in [0.4, 0.5) is 5.69 Å². The number of ether oxygens (including phenoxy) is 6. The second kappa shape index (κ2) is 15.7. The zero-order chi connectivity index (χ0) is 40.0. The van der Waals surface area contributed by atoms with Gasteiger partial charge in [-0.25, -0.2) is 8.42 Å². The summed E-state index contributed by atoms with van der Waals surface area (Å²) in [7, 11) is 6.48. The van der Waals surface area contributed by atoms with Crippen molar-refractivity contribution in [2.45, 2.75) is 42.7 Å². The molecule has 0 spiro atoms. The van der Waals surface area contributed by atoms with Gasteiger partial charge >= 0.3 is 0 Å². The Morgan fingerprint density at radius 2 is 1.35 bits per heavy atom. The van der Waals surface area contributed by atoms with Crippen LogP contribution in [0.1, 0.15) is 45.5 Å². The van der Waals surface area contributed by atoms with Gasteiger partial charge in [0.15, 0.2) is 34.5 Å². The number of hydrogen-bond donors (Lipinski definition) is 1. The van der Waals surface area contributed by atoms with Gasteiger partial charge in [0.25, 0.3) is 10.0 Å². The number of nitrogens with one attached hydrogen (secondary N) is 1. The Balaban J connectivity index is 1.37. The first-order chi connectivity index (χ1) is 27.5. The highest BCUT2D eigenvalue weighted by Gasteiger charge is 2.36. The van der Waals surface area contributed by atoms with Crippen molar-refractivity contribution in [2.75, 3.05) is 60.3 Å². The van der Waals surface area contributed by atoms with Crippen molar-refractivity contribution >= 4 is 27.3 Å². The van der Waals surface area contributed by atoms with E-state index >= 15 is 0 Å². The molecule has 57 heavy (non-hydrogen) atoms. The van der Waals surface area contributed by atoms with Gasteiger partial charge in [0.2, 0.25) is 5.75 Å². The largest absolute Gasteiger partial charge is 0.493 e. The van der Waals surface area contributed by atoms with E-state index in [1.165, 1.54) is 24.3 Å². The predicted molar refractivity (Wildman–Crippen MR) is 220 cm³/mol. The zero-order valence-electron chi connectivity index (χ0n) is 32.8. The molecule has 0 saturated heterocycles. The number of halogens is 1. The number of hydrogen-bond acceptors (Lipinski definition) is 10. The molecule has 9 rings (SSSR count). The van der Waals surface area contributed by atoms with Crippen LogP contribution in [0.2, 0.25) is 5.02 Å². The van der Waals surface area contributed by atoms with E-state index in [9.17, 15) is 8.42 Å². The maximum atomic E-state index is 14.0. The third-order valence-electron chi connectivity index (χ3n) is 11.4. The molecule has 1 N–H and O–H groups in total. The number of methoxy groups -OCH3 is 4. The third-order valence-corrected chi connectivity index (χ3v) is 13.2. The fraction of sp³-hybridized carbons (Fsp3) is 0.318. The van der Waals surface area contributed by atoms with E-state index in [4.69, 9.17) is 40.0 Å². The monoisotopic (exact) mass is 811 g/mol. The SMILES string of the molecule is COc1cc(NS(=O)(=O)c2ccccc2Cl)c2cc1Oc1ccc(cc1)C[C@H]1c3cc(c(OC)cc3CCN1C)Oc1c(OC)c(OC)cc3c1[C@H](C2)N(C)CC3. The molecular formula is C44H46ClN3O8S. The second-order valence-electron chi connectivity index (χ2n) is 14.7. The predicted octanol–water partition coefficient (Wildman–Crippen LogP) is 8.62. The number of benzene rings is 5. The van der Waals surface area contributed by atoms with E-state index in [0.717, 1.165) is 42.6 Å². The van der Waals surface area contributed by atoms with Crippen molar-refractivity contribution in [3.8, 4) is 46.0 Å². The van der Waals surface area contributed by atoms with E-state index in [0.29, 0.717) is 70.1 Å². The average molecular weight is 812 g/mol. The smallest absolute Gasteiger partial charge is 0.263 e. The van der Waals surface area contributed by atoms with Gasteiger partial charge in [0, 0.05) is 36.8 Å². The van der Waals surface area contributed by atoms with Crippen LogP contribution in [-0.4, -0.2) is 73.8 Å². The molecule has 5 aromatic rings. The van der Waals surface area contributed by atoms with E-state index in [1.54, 1.807) is 45.6 Å². The highest BCUT2D eigenvalue weighted by Crippen LogP contribution is 2.52. The maximum absolute atomic E-state index is 14.0. The summed E-state index contributed by atoms with van der Waals surface area (Å²) < 4.78 is 68.3. The fourth-order valence-corrected chi connectivity index (χ4v) is 9.91. The molecule has 0 amide bonds. The summed E-state index contributed by atoms with van der Waals surface area (Å²) in [6.07, 6.45) is 2.68. The molecule has 0 fully saturated rings. The number of anilines is 1. The minimum Gasteiger partial charge on any atom is -0.493 e. The Bertz CT molecular complexity index is 2440. The summed E-state index contributed by atoms with van der Waals surface area (Å²) in [4.78, 5) is 4.58. The van der Waals surface area contributed by atoms with E-state index < -0.39 is 10.0 Å². The Morgan fingerprint density at radius 1 is 0.702 bits per heavy atom. The summed E-state index contributed by atoms with van der Waals surface area (Å²) in [6, 6.07) is 23.9. The van der Waals surface area contributed by atoms with Crippen molar-refractivity contribution in [3.63, 3.8) is 0 Å². The summed E-state index contributed by atoms with van der Waals surface area (Å²) >= 11 is 6.42. The third kappa shape index (κ3) is 7.31. The lowest BCUT2D eigenvalue weighted by molar-refractivity contribution is 0.220. The maximum Gasteiger partial charge on any atom is 0.263 e. The quantitative estimate of drug-likeness (QED) is 0.172. The molecule has 4 aliphatic heterocycles. The number of sulfonamides is 1. The molecule has 5 aromatic carbocycles.